The number of anilines is 2. The Morgan fingerprint density at radius 3 is 2.26 bits per heavy atom. The summed E-state index contributed by atoms with van der Waals surface area (Å²) in [5, 5.41) is 0. The van der Waals surface area contributed by atoms with Gasteiger partial charge in [0.25, 0.3) is 0 Å². The number of nitrogen functional groups attached to an aromatic ring is 2. The molecule has 4 fully saturated rings. The third-order valence-electron chi connectivity index (χ3n) is 14.8. The van der Waals surface area contributed by atoms with Gasteiger partial charge in [-0.15, -0.1) is 0 Å². The third-order valence-corrected chi connectivity index (χ3v) is 14.8. The van der Waals surface area contributed by atoms with Crippen molar-refractivity contribution in [3.8, 4) is 17.2 Å². The van der Waals surface area contributed by atoms with Crippen LogP contribution < -0.4 is 20.9 Å². The van der Waals surface area contributed by atoms with Gasteiger partial charge in [-0.2, -0.15) is 0 Å². The number of ether oxygens (including phenoxy) is 2. The van der Waals surface area contributed by atoms with Crippen LogP contribution in [-0.4, -0.2) is 11.9 Å². The zero-order valence-electron chi connectivity index (χ0n) is 33.0. The van der Waals surface area contributed by atoms with Crippen molar-refractivity contribution in [2.75, 3.05) is 11.5 Å². The lowest BCUT2D eigenvalue weighted by molar-refractivity contribution is -0.126. The second kappa shape index (κ2) is 15.6. The molecule has 4 saturated carbocycles. The molecule has 0 aromatic heterocycles. The van der Waals surface area contributed by atoms with E-state index in [9.17, 15) is 4.79 Å². The van der Waals surface area contributed by atoms with Crippen LogP contribution in [0.1, 0.15) is 128 Å². The molecule has 3 aromatic carbocycles. The van der Waals surface area contributed by atoms with Gasteiger partial charge in [-0.25, -0.2) is 0 Å². The highest BCUT2D eigenvalue weighted by molar-refractivity contribution is 6.06. The Hall–Kier alpha value is -3.73. The van der Waals surface area contributed by atoms with E-state index in [1.807, 2.05) is 54.6 Å². The number of ketones is 1. The maximum Gasteiger partial charge on any atom is 0.185 e. The molecule has 5 heteroatoms. The molecule has 284 valence electrons. The van der Waals surface area contributed by atoms with E-state index in [4.69, 9.17) is 20.9 Å². The standard InChI is InChI=1S/C48H64N2O3/c1-31(2)7-6-8-32(3)41-21-22-42-40-20-14-35-29-39(25-27-47(35,4)43(40)26-28-48(41,42)5)52-37-18-12-34(13-19-37)45(51)23-11-33-9-16-38(17-10-33)53-46-24-15-36(49)30-44(46)50/h9-13,15-19,23-24,30-32,35,39-43H,6-8,14,20-22,25-29,49-50H2,1-5H3/t32-,35?,39?,40+,41-,42+,43+,47+,48-/m1/s1. The summed E-state index contributed by atoms with van der Waals surface area (Å²) in [5.74, 6) is 8.17. The number of rotatable bonds is 12. The largest absolute Gasteiger partial charge is 0.490 e. The monoisotopic (exact) mass is 716 g/mol. The predicted octanol–water partition coefficient (Wildman–Crippen LogP) is 12.4. The number of hydrogen-bond acceptors (Lipinski definition) is 5. The van der Waals surface area contributed by atoms with E-state index in [1.165, 1.54) is 64.2 Å². The zero-order valence-corrected chi connectivity index (χ0v) is 33.0. The molecule has 4 N–H and O–H groups in total. The summed E-state index contributed by atoms with van der Waals surface area (Å²) < 4.78 is 12.5. The molecular formula is C48H64N2O3. The van der Waals surface area contributed by atoms with E-state index in [1.54, 1.807) is 24.3 Å². The van der Waals surface area contributed by atoms with Gasteiger partial charge in [0.2, 0.25) is 0 Å². The Kier molecular flexibility index (Phi) is 11.0. The zero-order chi connectivity index (χ0) is 37.3. The fourth-order valence-corrected chi connectivity index (χ4v) is 11.9. The van der Waals surface area contributed by atoms with Crippen LogP contribution in [0.4, 0.5) is 11.4 Å². The molecule has 0 radical (unpaired) electrons. The number of nitrogens with two attached hydrogens (primary N) is 2. The lowest BCUT2D eigenvalue weighted by atomic mass is 9.44. The first-order valence-electron chi connectivity index (χ1n) is 20.8. The predicted molar refractivity (Wildman–Crippen MR) is 219 cm³/mol. The minimum absolute atomic E-state index is 0.0329. The van der Waals surface area contributed by atoms with Crippen LogP contribution in [0.3, 0.4) is 0 Å². The average molecular weight is 717 g/mol. The van der Waals surface area contributed by atoms with Gasteiger partial charge >= 0.3 is 0 Å². The maximum absolute atomic E-state index is 13.0. The van der Waals surface area contributed by atoms with Crippen molar-refractivity contribution in [1.82, 2.24) is 0 Å². The van der Waals surface area contributed by atoms with Crippen molar-refractivity contribution in [2.45, 2.75) is 118 Å². The van der Waals surface area contributed by atoms with Crippen molar-refractivity contribution in [3.05, 3.63) is 83.9 Å². The van der Waals surface area contributed by atoms with Crippen LogP contribution in [0.25, 0.3) is 6.08 Å². The second-order valence-corrected chi connectivity index (χ2v) is 18.4. The van der Waals surface area contributed by atoms with E-state index < -0.39 is 0 Å². The van der Waals surface area contributed by atoms with Crippen molar-refractivity contribution >= 4 is 23.2 Å². The number of fused-ring (bicyclic) bond motifs is 5. The highest BCUT2D eigenvalue weighted by Gasteiger charge is 2.60. The highest BCUT2D eigenvalue weighted by Crippen LogP contribution is 2.68. The van der Waals surface area contributed by atoms with Gasteiger partial charge in [0.1, 0.15) is 17.2 Å². The fraction of sp³-hybridized carbons (Fsp3) is 0.562. The summed E-state index contributed by atoms with van der Waals surface area (Å²) in [7, 11) is 0. The minimum Gasteiger partial charge on any atom is -0.490 e. The Labute approximate surface area is 319 Å². The van der Waals surface area contributed by atoms with Gasteiger partial charge in [0.05, 0.1) is 11.8 Å². The van der Waals surface area contributed by atoms with Gasteiger partial charge in [-0.05, 0) is 176 Å². The average Bonchev–Trinajstić information content (AvgIpc) is 3.50. The van der Waals surface area contributed by atoms with Crippen LogP contribution in [0, 0.1) is 52.3 Å². The molecule has 9 atom stereocenters. The molecule has 0 heterocycles. The second-order valence-electron chi connectivity index (χ2n) is 18.4. The molecular weight excluding hydrogens is 653 g/mol. The Morgan fingerprint density at radius 1 is 0.811 bits per heavy atom. The molecule has 2 unspecified atom stereocenters. The lowest BCUT2D eigenvalue weighted by Gasteiger charge is -2.61. The smallest absolute Gasteiger partial charge is 0.185 e. The third kappa shape index (κ3) is 7.91. The summed E-state index contributed by atoms with van der Waals surface area (Å²) in [6.07, 6.45) is 20.1. The topological polar surface area (TPSA) is 87.6 Å². The van der Waals surface area contributed by atoms with Crippen molar-refractivity contribution in [3.63, 3.8) is 0 Å². The van der Waals surface area contributed by atoms with Crippen LogP contribution in [0.5, 0.6) is 17.2 Å². The molecule has 0 spiro atoms. The van der Waals surface area contributed by atoms with E-state index in [2.05, 4.69) is 34.6 Å². The van der Waals surface area contributed by atoms with Gasteiger partial charge in [-0.1, -0.05) is 72.1 Å². The Balaban J connectivity index is 0.904. The summed E-state index contributed by atoms with van der Waals surface area (Å²) in [6, 6.07) is 20.5. The van der Waals surface area contributed by atoms with Crippen molar-refractivity contribution < 1.29 is 14.3 Å². The first-order valence-corrected chi connectivity index (χ1v) is 20.8. The summed E-state index contributed by atoms with van der Waals surface area (Å²) in [6.45, 7) is 12.7. The van der Waals surface area contributed by atoms with Crippen LogP contribution in [0.2, 0.25) is 0 Å². The van der Waals surface area contributed by atoms with Gasteiger partial charge in [-0.3, -0.25) is 4.79 Å². The SMILES string of the molecule is CC(C)CCC[C@@H](C)[C@H]1CC[C@H]2[C@@H]3CCC4CC(Oc5ccc(C(=O)C=Cc6ccc(Oc7ccc(N)cc7N)cc6)cc5)CC[C@]4(C)[C@H]3CC[C@]12C. The van der Waals surface area contributed by atoms with Crippen LogP contribution >= 0.6 is 0 Å². The number of carbonyl (C=O) groups is 1. The summed E-state index contributed by atoms with van der Waals surface area (Å²) >= 11 is 0. The molecule has 0 amide bonds. The number of allylic oxidation sites excluding steroid dienone is 1. The molecule has 0 saturated heterocycles. The Bertz CT molecular complexity index is 1750. The minimum atomic E-state index is -0.0329. The number of hydrogen-bond donors (Lipinski definition) is 2. The normalized spacial score (nSPS) is 31.4. The molecule has 3 aromatic rings. The number of carbonyl (C=O) groups excluding carboxylic acids is 1. The maximum atomic E-state index is 13.0. The van der Waals surface area contributed by atoms with E-state index in [-0.39, 0.29) is 11.9 Å². The van der Waals surface area contributed by atoms with E-state index in [0.717, 1.165) is 65.6 Å². The molecule has 7 rings (SSSR count). The molecule has 0 aliphatic heterocycles. The first-order chi connectivity index (χ1) is 25.4. The first kappa shape index (κ1) is 37.6. The van der Waals surface area contributed by atoms with Gasteiger partial charge < -0.3 is 20.9 Å². The highest BCUT2D eigenvalue weighted by atomic mass is 16.5. The van der Waals surface area contributed by atoms with E-state index >= 15 is 0 Å². The Morgan fingerprint density at radius 2 is 1.53 bits per heavy atom. The fourth-order valence-electron chi connectivity index (χ4n) is 11.9. The van der Waals surface area contributed by atoms with Gasteiger partial charge in [0.15, 0.2) is 5.78 Å². The molecule has 5 nitrogen and oxygen atoms in total. The molecule has 4 aliphatic rings. The lowest BCUT2D eigenvalue weighted by Crippen LogP contribution is -2.54. The van der Waals surface area contributed by atoms with Crippen LogP contribution in [-0.2, 0) is 0 Å². The summed E-state index contributed by atoms with van der Waals surface area (Å²) in [4.78, 5) is 13.0. The molecule has 0 bridgehead atoms. The van der Waals surface area contributed by atoms with Gasteiger partial charge in [0, 0.05) is 11.3 Å². The summed E-state index contributed by atoms with van der Waals surface area (Å²) in [5.41, 5.74) is 15.5. The van der Waals surface area contributed by atoms with Crippen molar-refractivity contribution in [2.24, 2.45) is 52.3 Å². The van der Waals surface area contributed by atoms with Crippen molar-refractivity contribution in [1.29, 1.82) is 0 Å². The van der Waals surface area contributed by atoms with Crippen LogP contribution in [0.15, 0.2) is 72.8 Å². The quantitative estimate of drug-likeness (QED) is 0.111. The van der Waals surface area contributed by atoms with E-state index in [0.29, 0.717) is 39.3 Å². The molecule has 53 heavy (non-hydrogen) atoms. The molecule has 4 aliphatic carbocycles. The number of benzene rings is 3.